The van der Waals surface area contributed by atoms with E-state index in [0.29, 0.717) is 18.4 Å². The van der Waals surface area contributed by atoms with Gasteiger partial charge in [0, 0.05) is 25.5 Å². The molecule has 24 heavy (non-hydrogen) atoms. The number of hydrogen-bond acceptors (Lipinski definition) is 6. The first kappa shape index (κ1) is 17.2. The molecular weight excluding hydrogens is 340 g/mol. The summed E-state index contributed by atoms with van der Waals surface area (Å²) < 4.78 is 44.7. The van der Waals surface area contributed by atoms with Gasteiger partial charge in [-0.1, -0.05) is 12.1 Å². The third-order valence-electron chi connectivity index (χ3n) is 4.32. The monoisotopic (exact) mass is 358 g/mol. The number of benzene rings is 1. The molecular formula is C14H18N2O7S. The predicted octanol–water partition coefficient (Wildman–Crippen LogP) is 1.71. The van der Waals surface area contributed by atoms with Crippen LogP contribution in [0.15, 0.2) is 24.3 Å². The summed E-state index contributed by atoms with van der Waals surface area (Å²) in [7, 11) is -4.40. The molecule has 0 amide bonds. The van der Waals surface area contributed by atoms with Gasteiger partial charge in [-0.2, -0.15) is 13.1 Å². The van der Waals surface area contributed by atoms with Crippen molar-refractivity contribution in [1.82, 2.24) is 4.72 Å². The molecule has 2 N–H and O–H groups in total. The van der Waals surface area contributed by atoms with Crippen LogP contribution in [0.25, 0.3) is 0 Å². The minimum atomic E-state index is -4.40. The van der Waals surface area contributed by atoms with Crippen molar-refractivity contribution >= 4 is 16.0 Å². The van der Waals surface area contributed by atoms with Crippen LogP contribution in [0, 0.1) is 10.1 Å². The van der Waals surface area contributed by atoms with Crippen LogP contribution in [-0.4, -0.2) is 36.3 Å². The fourth-order valence-corrected chi connectivity index (χ4v) is 3.69. The molecule has 2 aliphatic rings. The lowest BCUT2D eigenvalue weighted by Gasteiger charge is -2.22. The van der Waals surface area contributed by atoms with Gasteiger partial charge in [0.25, 0.3) is 5.69 Å². The number of nitrogens with zero attached hydrogens (tertiary/aromatic N) is 1. The summed E-state index contributed by atoms with van der Waals surface area (Å²) in [6.45, 7) is -0.239. The molecule has 0 radical (unpaired) electrons. The van der Waals surface area contributed by atoms with Gasteiger partial charge in [-0.05, 0) is 18.9 Å². The van der Waals surface area contributed by atoms with Gasteiger partial charge in [0.1, 0.15) is 12.2 Å². The second-order valence-corrected chi connectivity index (χ2v) is 7.19. The van der Waals surface area contributed by atoms with Crippen molar-refractivity contribution in [1.29, 1.82) is 0 Å². The summed E-state index contributed by atoms with van der Waals surface area (Å²) >= 11 is 0. The van der Waals surface area contributed by atoms with Gasteiger partial charge < -0.3 is 9.47 Å². The van der Waals surface area contributed by atoms with Gasteiger partial charge in [-0.15, -0.1) is 0 Å². The fourth-order valence-electron chi connectivity index (χ4n) is 3.32. The number of nitro benzene ring substituents is 1. The molecule has 2 unspecified atom stereocenters. The number of nitro groups is 1. The van der Waals surface area contributed by atoms with Gasteiger partial charge >= 0.3 is 10.3 Å². The van der Waals surface area contributed by atoms with Crippen LogP contribution < -0.4 is 4.72 Å². The van der Waals surface area contributed by atoms with Crippen molar-refractivity contribution in [3.05, 3.63) is 39.9 Å². The first-order valence-electron chi connectivity index (χ1n) is 7.61. The third kappa shape index (κ3) is 3.57. The van der Waals surface area contributed by atoms with Crippen LogP contribution in [0.1, 0.15) is 37.4 Å². The zero-order valence-corrected chi connectivity index (χ0v) is 13.6. The lowest BCUT2D eigenvalue weighted by atomic mass is 10.0. The van der Waals surface area contributed by atoms with E-state index in [0.717, 1.165) is 12.8 Å². The van der Waals surface area contributed by atoms with E-state index in [1.165, 1.54) is 6.07 Å². The van der Waals surface area contributed by atoms with Crippen molar-refractivity contribution in [3.8, 4) is 0 Å². The van der Waals surface area contributed by atoms with Gasteiger partial charge in [-0.25, -0.2) is 0 Å². The molecule has 10 heteroatoms. The maximum atomic E-state index is 11.3. The number of ether oxygens (including phenoxy) is 2. The molecule has 1 aliphatic carbocycles. The molecule has 1 spiro atoms. The summed E-state index contributed by atoms with van der Waals surface area (Å²) in [5.41, 5.74) is 0.214. The van der Waals surface area contributed by atoms with Gasteiger partial charge in [-0.3, -0.25) is 14.7 Å². The van der Waals surface area contributed by atoms with Crippen LogP contribution in [-0.2, 0) is 19.8 Å². The molecule has 132 valence electrons. The molecule has 9 nitrogen and oxygen atoms in total. The summed E-state index contributed by atoms with van der Waals surface area (Å²) in [5.74, 6) is -0.847. The van der Waals surface area contributed by atoms with Crippen LogP contribution in [0.4, 0.5) is 5.69 Å². The Morgan fingerprint density at radius 1 is 1.29 bits per heavy atom. The van der Waals surface area contributed by atoms with E-state index in [1.54, 1.807) is 18.2 Å². The molecule has 0 aromatic heterocycles. The first-order chi connectivity index (χ1) is 11.3. The summed E-state index contributed by atoms with van der Waals surface area (Å²) in [6, 6.07) is 6.14. The Morgan fingerprint density at radius 3 is 2.58 bits per heavy atom. The fraction of sp³-hybridized carbons (Fsp3) is 0.571. The quantitative estimate of drug-likeness (QED) is 0.466. The van der Waals surface area contributed by atoms with Gasteiger partial charge in [0.2, 0.25) is 0 Å². The molecule has 0 bridgehead atoms. The van der Waals surface area contributed by atoms with E-state index in [4.69, 9.17) is 14.0 Å². The maximum absolute atomic E-state index is 11.3. The Morgan fingerprint density at radius 2 is 1.96 bits per heavy atom. The molecule has 1 aromatic rings. The maximum Gasteiger partial charge on any atom is 0.333 e. The van der Waals surface area contributed by atoms with Crippen molar-refractivity contribution < 1.29 is 27.4 Å². The SMILES string of the molecule is O=[N+]([O-])c1ccccc1C1OC2(CCCC2)OC1CNS(=O)(=O)O. The summed E-state index contributed by atoms with van der Waals surface area (Å²) in [5, 5.41) is 11.3. The van der Waals surface area contributed by atoms with E-state index >= 15 is 0 Å². The highest BCUT2D eigenvalue weighted by Gasteiger charge is 2.50. The Kier molecular flexibility index (Phi) is 4.58. The van der Waals surface area contributed by atoms with Crippen LogP contribution in [0.3, 0.4) is 0 Å². The first-order valence-corrected chi connectivity index (χ1v) is 9.05. The zero-order chi connectivity index (χ0) is 17.4. The van der Waals surface area contributed by atoms with E-state index < -0.39 is 33.2 Å². The average molecular weight is 358 g/mol. The van der Waals surface area contributed by atoms with Gasteiger partial charge in [0.05, 0.1) is 10.5 Å². The van der Waals surface area contributed by atoms with Crippen molar-refractivity contribution in [2.75, 3.05) is 6.54 Å². The van der Waals surface area contributed by atoms with Crippen molar-refractivity contribution in [3.63, 3.8) is 0 Å². The minimum Gasteiger partial charge on any atom is -0.342 e. The highest BCUT2D eigenvalue weighted by molar-refractivity contribution is 7.83. The summed E-state index contributed by atoms with van der Waals surface area (Å²) in [6.07, 6.45) is 1.54. The average Bonchev–Trinajstić information content (AvgIpc) is 3.12. The molecule has 3 rings (SSSR count). The molecule has 1 aliphatic heterocycles. The van der Waals surface area contributed by atoms with E-state index in [9.17, 15) is 18.5 Å². The van der Waals surface area contributed by atoms with E-state index in [-0.39, 0.29) is 12.2 Å². The molecule has 1 saturated heterocycles. The minimum absolute atomic E-state index is 0.113. The highest BCUT2D eigenvalue weighted by Crippen LogP contribution is 2.48. The van der Waals surface area contributed by atoms with Crippen LogP contribution in [0.5, 0.6) is 0 Å². The van der Waals surface area contributed by atoms with Crippen molar-refractivity contribution in [2.45, 2.75) is 43.7 Å². The largest absolute Gasteiger partial charge is 0.342 e. The Bertz CT molecular complexity index is 730. The second-order valence-electron chi connectivity index (χ2n) is 5.95. The lowest BCUT2D eigenvalue weighted by molar-refractivity contribution is -0.386. The Hall–Kier alpha value is -1.59. The Labute approximate surface area is 139 Å². The smallest absolute Gasteiger partial charge is 0.333 e. The number of hydrogen-bond donors (Lipinski definition) is 2. The topological polar surface area (TPSA) is 128 Å². The standard InChI is InChI=1S/C14H18N2O7S/c17-16(18)11-6-2-1-5-10(11)13-12(9-15-24(19,20)21)22-14(23-13)7-3-4-8-14/h1-2,5-6,12-13,15H,3-4,7-9H2,(H,19,20,21). The van der Waals surface area contributed by atoms with Crippen LogP contribution >= 0.6 is 0 Å². The Balaban J connectivity index is 1.91. The van der Waals surface area contributed by atoms with Gasteiger partial charge in [0.15, 0.2) is 5.79 Å². The second kappa shape index (κ2) is 6.37. The van der Waals surface area contributed by atoms with Crippen LogP contribution in [0.2, 0.25) is 0 Å². The molecule has 1 aromatic carbocycles. The van der Waals surface area contributed by atoms with E-state index in [2.05, 4.69) is 0 Å². The number of para-hydroxylation sites is 1. The van der Waals surface area contributed by atoms with E-state index in [1.807, 2.05) is 4.72 Å². The number of rotatable bonds is 5. The highest BCUT2D eigenvalue weighted by atomic mass is 32.2. The predicted molar refractivity (Wildman–Crippen MR) is 82.5 cm³/mol. The zero-order valence-electron chi connectivity index (χ0n) is 12.8. The van der Waals surface area contributed by atoms with Crippen molar-refractivity contribution in [2.24, 2.45) is 0 Å². The molecule has 2 fully saturated rings. The molecule has 2 atom stereocenters. The normalized spacial score (nSPS) is 26.0. The number of nitrogens with one attached hydrogen (secondary N) is 1. The molecule has 1 heterocycles. The third-order valence-corrected chi connectivity index (χ3v) is 4.85. The molecule has 1 saturated carbocycles. The summed E-state index contributed by atoms with van der Waals surface area (Å²) in [4.78, 5) is 10.8. The lowest BCUT2D eigenvalue weighted by Crippen LogP contribution is -2.35.